The minimum atomic E-state index is 0.343. The third-order valence-electron chi connectivity index (χ3n) is 3.95. The second kappa shape index (κ2) is 4.78. The first-order valence-electron chi connectivity index (χ1n) is 6.55. The summed E-state index contributed by atoms with van der Waals surface area (Å²) in [6, 6.07) is 7.32. The number of fused-ring (bicyclic) bond motifs is 1. The molecule has 0 radical (unpaired) electrons. The molecule has 0 amide bonds. The van der Waals surface area contributed by atoms with E-state index in [4.69, 9.17) is 9.47 Å². The summed E-state index contributed by atoms with van der Waals surface area (Å²) in [7, 11) is 2.18. The summed E-state index contributed by atoms with van der Waals surface area (Å²) in [5.41, 5.74) is 1.19. The molecule has 0 saturated carbocycles. The molecule has 2 unspecified atom stereocenters. The molecule has 1 N–H and O–H groups in total. The van der Waals surface area contributed by atoms with E-state index in [0.717, 1.165) is 24.6 Å². The highest BCUT2D eigenvalue weighted by Crippen LogP contribution is 2.35. The maximum absolute atomic E-state index is 5.51. The topological polar surface area (TPSA) is 33.7 Å². The molecular weight excluding hydrogens is 228 g/mol. The lowest BCUT2D eigenvalue weighted by atomic mass is 10.1. The van der Waals surface area contributed by atoms with Crippen molar-refractivity contribution in [2.24, 2.45) is 0 Å². The Morgan fingerprint density at radius 2 is 2.28 bits per heavy atom. The van der Waals surface area contributed by atoms with Crippen molar-refractivity contribution in [2.75, 3.05) is 20.4 Å². The summed E-state index contributed by atoms with van der Waals surface area (Å²) >= 11 is 0. The van der Waals surface area contributed by atoms with Crippen molar-refractivity contribution in [3.8, 4) is 11.5 Å². The molecule has 0 spiro atoms. The van der Waals surface area contributed by atoms with Crippen LogP contribution in [0.3, 0.4) is 0 Å². The van der Waals surface area contributed by atoms with Gasteiger partial charge in [0, 0.05) is 30.7 Å². The largest absolute Gasteiger partial charge is 0.454 e. The number of nitrogens with zero attached hydrogens (tertiary/aromatic N) is 1. The number of hydrogen-bond acceptors (Lipinski definition) is 4. The maximum atomic E-state index is 5.51. The van der Waals surface area contributed by atoms with Crippen molar-refractivity contribution < 1.29 is 9.47 Å². The van der Waals surface area contributed by atoms with Gasteiger partial charge in [0.1, 0.15) is 0 Å². The molecule has 2 aliphatic rings. The average molecular weight is 248 g/mol. The molecule has 2 aliphatic heterocycles. The molecular formula is C14H20N2O2. The van der Waals surface area contributed by atoms with Gasteiger partial charge >= 0.3 is 0 Å². The number of hydrogen-bond donors (Lipinski definition) is 1. The number of para-hydroxylation sites is 1. The zero-order chi connectivity index (χ0) is 12.5. The SMILES string of the molecule is CC1CC(NCc2cccc3c2OCO3)CN1C. The fourth-order valence-corrected chi connectivity index (χ4v) is 2.73. The van der Waals surface area contributed by atoms with Crippen LogP contribution in [0.25, 0.3) is 0 Å². The molecule has 4 heteroatoms. The molecule has 0 aromatic heterocycles. The van der Waals surface area contributed by atoms with E-state index in [1.165, 1.54) is 12.0 Å². The average Bonchev–Trinajstić information content (AvgIpc) is 2.94. The fraction of sp³-hybridized carbons (Fsp3) is 0.571. The van der Waals surface area contributed by atoms with Gasteiger partial charge in [-0.15, -0.1) is 0 Å². The molecule has 0 bridgehead atoms. The van der Waals surface area contributed by atoms with E-state index in [0.29, 0.717) is 18.9 Å². The fourth-order valence-electron chi connectivity index (χ4n) is 2.73. The smallest absolute Gasteiger partial charge is 0.231 e. The van der Waals surface area contributed by atoms with Crippen molar-refractivity contribution in [1.82, 2.24) is 10.2 Å². The van der Waals surface area contributed by atoms with Gasteiger partial charge in [-0.25, -0.2) is 0 Å². The minimum absolute atomic E-state index is 0.343. The van der Waals surface area contributed by atoms with Crippen LogP contribution >= 0.6 is 0 Å². The second-order valence-corrected chi connectivity index (χ2v) is 5.25. The van der Waals surface area contributed by atoms with Crippen LogP contribution < -0.4 is 14.8 Å². The Labute approximate surface area is 108 Å². The van der Waals surface area contributed by atoms with Gasteiger partial charge in [0.15, 0.2) is 11.5 Å². The Morgan fingerprint density at radius 1 is 1.39 bits per heavy atom. The highest BCUT2D eigenvalue weighted by atomic mass is 16.7. The molecule has 0 aliphatic carbocycles. The van der Waals surface area contributed by atoms with Crippen molar-refractivity contribution in [3.63, 3.8) is 0 Å². The van der Waals surface area contributed by atoms with Crippen LogP contribution in [0.15, 0.2) is 18.2 Å². The Morgan fingerprint density at radius 3 is 3.06 bits per heavy atom. The van der Waals surface area contributed by atoms with E-state index in [1.807, 2.05) is 12.1 Å². The Bertz CT molecular complexity index is 426. The summed E-state index contributed by atoms with van der Waals surface area (Å²) in [5, 5.41) is 3.61. The molecule has 2 atom stereocenters. The molecule has 18 heavy (non-hydrogen) atoms. The third kappa shape index (κ3) is 2.18. The van der Waals surface area contributed by atoms with Crippen LogP contribution in [0.2, 0.25) is 0 Å². The molecule has 98 valence electrons. The van der Waals surface area contributed by atoms with E-state index >= 15 is 0 Å². The number of ether oxygens (including phenoxy) is 2. The number of likely N-dealkylation sites (tertiary alicyclic amines) is 1. The highest BCUT2D eigenvalue weighted by Gasteiger charge is 2.26. The predicted molar refractivity (Wildman–Crippen MR) is 69.9 cm³/mol. The third-order valence-corrected chi connectivity index (χ3v) is 3.95. The van der Waals surface area contributed by atoms with E-state index in [2.05, 4.69) is 30.3 Å². The van der Waals surface area contributed by atoms with Crippen LogP contribution in [0.5, 0.6) is 11.5 Å². The number of benzene rings is 1. The van der Waals surface area contributed by atoms with Crippen molar-refractivity contribution >= 4 is 0 Å². The summed E-state index contributed by atoms with van der Waals surface area (Å²) in [6.07, 6.45) is 1.21. The highest BCUT2D eigenvalue weighted by molar-refractivity contribution is 5.48. The first kappa shape index (κ1) is 11.8. The zero-order valence-corrected chi connectivity index (χ0v) is 11.0. The molecule has 2 heterocycles. The lowest BCUT2D eigenvalue weighted by Gasteiger charge is -2.14. The van der Waals surface area contributed by atoms with E-state index in [1.54, 1.807) is 0 Å². The van der Waals surface area contributed by atoms with Gasteiger partial charge in [0.2, 0.25) is 6.79 Å². The van der Waals surface area contributed by atoms with E-state index in [9.17, 15) is 0 Å². The summed E-state index contributed by atoms with van der Waals surface area (Å²) in [4.78, 5) is 2.40. The second-order valence-electron chi connectivity index (χ2n) is 5.25. The van der Waals surface area contributed by atoms with E-state index in [-0.39, 0.29) is 0 Å². The van der Waals surface area contributed by atoms with Gasteiger partial charge < -0.3 is 19.7 Å². The van der Waals surface area contributed by atoms with Crippen LogP contribution in [-0.2, 0) is 6.54 Å². The predicted octanol–water partition coefficient (Wildman–Crippen LogP) is 1.60. The molecule has 4 nitrogen and oxygen atoms in total. The maximum Gasteiger partial charge on any atom is 0.231 e. The Balaban J connectivity index is 1.63. The van der Waals surface area contributed by atoms with Crippen molar-refractivity contribution in [2.45, 2.75) is 32.0 Å². The van der Waals surface area contributed by atoms with Crippen LogP contribution in [0.1, 0.15) is 18.9 Å². The van der Waals surface area contributed by atoms with Crippen molar-refractivity contribution in [1.29, 1.82) is 0 Å². The molecule has 3 rings (SSSR count). The number of rotatable bonds is 3. The summed E-state index contributed by atoms with van der Waals surface area (Å²) in [6.45, 7) is 4.58. The lowest BCUT2D eigenvalue weighted by molar-refractivity contribution is 0.173. The van der Waals surface area contributed by atoms with Gasteiger partial charge in [-0.2, -0.15) is 0 Å². The zero-order valence-electron chi connectivity index (χ0n) is 11.0. The van der Waals surface area contributed by atoms with E-state index < -0.39 is 0 Å². The van der Waals surface area contributed by atoms with Gasteiger partial charge in [-0.05, 0) is 26.5 Å². The number of likely N-dealkylation sites (N-methyl/N-ethyl adjacent to an activating group) is 1. The van der Waals surface area contributed by atoms with Gasteiger partial charge in [0.25, 0.3) is 0 Å². The first-order valence-corrected chi connectivity index (χ1v) is 6.55. The summed E-state index contributed by atoms with van der Waals surface area (Å²) in [5.74, 6) is 1.77. The molecule has 1 fully saturated rings. The summed E-state index contributed by atoms with van der Waals surface area (Å²) < 4.78 is 10.9. The van der Waals surface area contributed by atoms with Crippen LogP contribution in [0.4, 0.5) is 0 Å². The first-order chi connectivity index (χ1) is 8.74. The standard InChI is InChI=1S/C14H20N2O2/c1-10-6-12(8-16(10)2)15-7-11-4-3-5-13-14(11)18-9-17-13/h3-5,10,12,15H,6-9H2,1-2H3. The van der Waals surface area contributed by atoms with Gasteiger partial charge in [-0.3, -0.25) is 0 Å². The lowest BCUT2D eigenvalue weighted by Crippen LogP contribution is -2.31. The normalized spacial score (nSPS) is 26.8. The monoisotopic (exact) mass is 248 g/mol. The molecule has 1 aromatic rings. The van der Waals surface area contributed by atoms with Gasteiger partial charge in [0.05, 0.1) is 0 Å². The molecule has 1 aromatic carbocycles. The quantitative estimate of drug-likeness (QED) is 0.881. The Hall–Kier alpha value is -1.26. The van der Waals surface area contributed by atoms with Crippen LogP contribution in [-0.4, -0.2) is 37.4 Å². The Kier molecular flexibility index (Phi) is 3.14. The minimum Gasteiger partial charge on any atom is -0.454 e. The van der Waals surface area contributed by atoms with Gasteiger partial charge in [-0.1, -0.05) is 12.1 Å². The molecule has 1 saturated heterocycles. The van der Waals surface area contributed by atoms with Crippen molar-refractivity contribution in [3.05, 3.63) is 23.8 Å². The number of nitrogens with one attached hydrogen (secondary N) is 1. The van der Waals surface area contributed by atoms with Crippen LogP contribution in [0, 0.1) is 0 Å².